The quantitative estimate of drug-likeness (QED) is 0.774. The largest absolute Gasteiger partial charge is 0.453 e. The van der Waals surface area contributed by atoms with Gasteiger partial charge in [-0.05, 0) is 37.5 Å². The minimum atomic E-state index is -4.59. The zero-order valence-electron chi connectivity index (χ0n) is 13.0. The van der Waals surface area contributed by atoms with Crippen molar-refractivity contribution in [3.63, 3.8) is 0 Å². The van der Waals surface area contributed by atoms with Crippen molar-refractivity contribution in [1.29, 1.82) is 0 Å². The van der Waals surface area contributed by atoms with Crippen molar-refractivity contribution >= 4 is 11.5 Å². The third kappa shape index (κ3) is 3.64. The molecular weight excluding hydrogens is 319 g/mol. The van der Waals surface area contributed by atoms with Crippen LogP contribution in [0.2, 0.25) is 0 Å². The van der Waals surface area contributed by atoms with E-state index in [1.807, 2.05) is 37.3 Å². The summed E-state index contributed by atoms with van der Waals surface area (Å²) in [4.78, 5) is 0. The number of nitrogens with zero attached hydrogens (tertiary/aromatic N) is 4. The van der Waals surface area contributed by atoms with E-state index >= 15 is 0 Å². The molecule has 0 aliphatic heterocycles. The van der Waals surface area contributed by atoms with Crippen LogP contribution in [-0.4, -0.2) is 25.9 Å². The fourth-order valence-electron chi connectivity index (χ4n) is 2.40. The summed E-state index contributed by atoms with van der Waals surface area (Å²) in [7, 11) is 0. The highest BCUT2D eigenvalue weighted by Gasteiger charge is 2.37. The van der Waals surface area contributed by atoms with Gasteiger partial charge in [0.15, 0.2) is 5.65 Å². The van der Waals surface area contributed by atoms with Crippen molar-refractivity contribution in [2.45, 2.75) is 32.0 Å². The third-order valence-electron chi connectivity index (χ3n) is 3.62. The van der Waals surface area contributed by atoms with Gasteiger partial charge in [0.1, 0.15) is 5.82 Å². The lowest BCUT2D eigenvalue weighted by atomic mass is 10.1. The summed E-state index contributed by atoms with van der Waals surface area (Å²) in [6, 6.07) is 13.1. The lowest BCUT2D eigenvalue weighted by Crippen LogP contribution is -2.19. The average molecular weight is 335 g/mol. The van der Waals surface area contributed by atoms with Crippen LogP contribution in [0.4, 0.5) is 19.0 Å². The van der Waals surface area contributed by atoms with Gasteiger partial charge < -0.3 is 5.32 Å². The van der Waals surface area contributed by atoms with E-state index in [-0.39, 0.29) is 11.7 Å². The first-order valence-electron chi connectivity index (χ1n) is 7.53. The maximum atomic E-state index is 12.9. The summed E-state index contributed by atoms with van der Waals surface area (Å²) in [5, 5.41) is 13.7. The van der Waals surface area contributed by atoms with Gasteiger partial charge in [-0.15, -0.1) is 15.3 Å². The molecular formula is C16H16F3N5. The fraction of sp³-hybridized carbons (Fsp3) is 0.312. The molecule has 0 radical (unpaired) electrons. The molecule has 126 valence electrons. The minimum absolute atomic E-state index is 0.0565. The molecule has 0 fully saturated rings. The Hall–Kier alpha value is -2.64. The number of rotatable bonds is 5. The Morgan fingerprint density at radius 2 is 1.83 bits per heavy atom. The van der Waals surface area contributed by atoms with Gasteiger partial charge >= 0.3 is 6.18 Å². The summed E-state index contributed by atoms with van der Waals surface area (Å²) in [6.45, 7) is 1.96. The number of halogens is 3. The van der Waals surface area contributed by atoms with E-state index < -0.39 is 12.0 Å². The van der Waals surface area contributed by atoms with E-state index in [2.05, 4.69) is 20.6 Å². The molecule has 0 aliphatic carbocycles. The molecule has 0 unspecified atom stereocenters. The van der Waals surface area contributed by atoms with E-state index in [0.717, 1.165) is 12.8 Å². The molecule has 1 aromatic carbocycles. The topological polar surface area (TPSA) is 55.1 Å². The highest BCUT2D eigenvalue weighted by Crippen LogP contribution is 2.27. The van der Waals surface area contributed by atoms with Crippen LogP contribution in [0.5, 0.6) is 0 Å². The van der Waals surface area contributed by atoms with Crippen LogP contribution in [0.1, 0.15) is 24.7 Å². The van der Waals surface area contributed by atoms with Gasteiger partial charge in [-0.1, -0.05) is 30.3 Å². The first kappa shape index (κ1) is 16.2. The van der Waals surface area contributed by atoms with Crippen molar-refractivity contribution in [3.05, 3.63) is 53.9 Å². The van der Waals surface area contributed by atoms with E-state index in [1.54, 1.807) is 6.07 Å². The predicted octanol–water partition coefficient (Wildman–Crippen LogP) is 3.58. The van der Waals surface area contributed by atoms with E-state index in [9.17, 15) is 13.2 Å². The Kier molecular flexibility index (Phi) is 4.37. The number of fused-ring (bicyclic) bond motifs is 1. The van der Waals surface area contributed by atoms with Crippen molar-refractivity contribution in [2.75, 3.05) is 5.32 Å². The third-order valence-corrected chi connectivity index (χ3v) is 3.62. The predicted molar refractivity (Wildman–Crippen MR) is 83.6 cm³/mol. The monoisotopic (exact) mass is 335 g/mol. The standard InChI is InChI=1S/C16H16F3N5/c1-11(7-8-12-5-3-2-4-6-12)20-13-9-10-14-21-22-15(16(17,18)19)24(14)23-13/h2-6,9-11H,7-8H2,1H3,(H,20,23)/t11-/m1/s1. The normalized spacial score (nSPS) is 13.2. The molecule has 3 rings (SSSR count). The Morgan fingerprint density at radius 1 is 1.08 bits per heavy atom. The summed E-state index contributed by atoms with van der Waals surface area (Å²) in [6.07, 6.45) is -2.89. The molecule has 8 heteroatoms. The number of aryl methyl sites for hydroxylation is 1. The molecule has 2 heterocycles. The van der Waals surface area contributed by atoms with Gasteiger partial charge in [-0.3, -0.25) is 0 Å². The second-order valence-electron chi connectivity index (χ2n) is 5.58. The fourth-order valence-corrected chi connectivity index (χ4v) is 2.40. The second-order valence-corrected chi connectivity index (χ2v) is 5.58. The molecule has 0 spiro atoms. The molecule has 0 aliphatic rings. The zero-order valence-corrected chi connectivity index (χ0v) is 13.0. The highest BCUT2D eigenvalue weighted by atomic mass is 19.4. The molecule has 3 aromatic rings. The van der Waals surface area contributed by atoms with Gasteiger partial charge in [0.25, 0.3) is 5.82 Å². The van der Waals surface area contributed by atoms with Crippen LogP contribution >= 0.6 is 0 Å². The number of hydrogen-bond acceptors (Lipinski definition) is 4. The number of anilines is 1. The van der Waals surface area contributed by atoms with E-state index in [4.69, 9.17) is 0 Å². The summed E-state index contributed by atoms with van der Waals surface area (Å²) in [5.74, 6) is -0.772. The van der Waals surface area contributed by atoms with Gasteiger partial charge in [-0.25, -0.2) is 0 Å². The van der Waals surface area contributed by atoms with Crippen molar-refractivity contribution in [2.24, 2.45) is 0 Å². The van der Waals surface area contributed by atoms with Crippen molar-refractivity contribution in [1.82, 2.24) is 19.8 Å². The molecule has 0 saturated heterocycles. The van der Waals surface area contributed by atoms with Crippen LogP contribution in [0, 0.1) is 0 Å². The number of nitrogens with one attached hydrogen (secondary N) is 1. The van der Waals surface area contributed by atoms with Crippen LogP contribution < -0.4 is 5.32 Å². The van der Waals surface area contributed by atoms with Gasteiger partial charge in [-0.2, -0.15) is 17.7 Å². The molecule has 1 N–H and O–H groups in total. The molecule has 2 aromatic heterocycles. The molecule has 0 saturated carbocycles. The highest BCUT2D eigenvalue weighted by molar-refractivity contribution is 5.44. The van der Waals surface area contributed by atoms with Crippen LogP contribution in [-0.2, 0) is 12.6 Å². The van der Waals surface area contributed by atoms with Crippen LogP contribution in [0.3, 0.4) is 0 Å². The molecule has 24 heavy (non-hydrogen) atoms. The van der Waals surface area contributed by atoms with E-state index in [1.165, 1.54) is 11.6 Å². The first-order valence-corrected chi connectivity index (χ1v) is 7.53. The van der Waals surface area contributed by atoms with Crippen LogP contribution in [0.25, 0.3) is 5.65 Å². The summed E-state index contributed by atoms with van der Waals surface area (Å²) < 4.78 is 39.3. The number of aromatic nitrogens is 4. The maximum absolute atomic E-state index is 12.9. The average Bonchev–Trinajstić information content (AvgIpc) is 2.97. The SMILES string of the molecule is C[C@H](CCc1ccccc1)Nc1ccc2nnc(C(F)(F)F)n2n1. The second kappa shape index (κ2) is 6.46. The Bertz CT molecular complexity index is 813. The Morgan fingerprint density at radius 3 is 2.54 bits per heavy atom. The molecule has 0 bridgehead atoms. The smallest absolute Gasteiger partial charge is 0.366 e. The first-order chi connectivity index (χ1) is 11.4. The maximum Gasteiger partial charge on any atom is 0.453 e. The molecule has 5 nitrogen and oxygen atoms in total. The lowest BCUT2D eigenvalue weighted by Gasteiger charge is -2.14. The van der Waals surface area contributed by atoms with Crippen molar-refractivity contribution in [3.8, 4) is 0 Å². The summed E-state index contributed by atoms with van der Waals surface area (Å²) >= 11 is 0. The number of benzene rings is 1. The summed E-state index contributed by atoms with van der Waals surface area (Å²) in [5.41, 5.74) is 1.28. The molecule has 0 amide bonds. The molecule has 1 atom stereocenters. The number of alkyl halides is 3. The Balaban J connectivity index is 1.70. The minimum Gasteiger partial charge on any atom is -0.366 e. The zero-order chi connectivity index (χ0) is 17.2. The number of hydrogen-bond donors (Lipinski definition) is 1. The van der Waals surface area contributed by atoms with Gasteiger partial charge in [0.05, 0.1) is 0 Å². The Labute approximate surface area is 136 Å². The van der Waals surface area contributed by atoms with Gasteiger partial charge in [0.2, 0.25) is 0 Å². The van der Waals surface area contributed by atoms with Crippen LogP contribution in [0.15, 0.2) is 42.5 Å². The van der Waals surface area contributed by atoms with Crippen molar-refractivity contribution < 1.29 is 13.2 Å². The van der Waals surface area contributed by atoms with E-state index in [0.29, 0.717) is 10.3 Å². The lowest BCUT2D eigenvalue weighted by molar-refractivity contribution is -0.146. The van der Waals surface area contributed by atoms with Gasteiger partial charge in [0, 0.05) is 6.04 Å².